The lowest BCUT2D eigenvalue weighted by Crippen LogP contribution is -2.46. The van der Waals surface area contributed by atoms with E-state index in [1.807, 2.05) is 0 Å². The van der Waals surface area contributed by atoms with E-state index in [9.17, 15) is 4.79 Å². The molecule has 0 heterocycles. The maximum atomic E-state index is 11.8. The number of ether oxygens (including phenoxy) is 3. The summed E-state index contributed by atoms with van der Waals surface area (Å²) in [4.78, 5) is 11.8. The van der Waals surface area contributed by atoms with Gasteiger partial charge in [-0.2, -0.15) is 0 Å². The van der Waals surface area contributed by atoms with Gasteiger partial charge in [0.2, 0.25) is 0 Å². The first-order chi connectivity index (χ1) is 7.25. The first kappa shape index (κ1) is 15.3. The Balaban J connectivity index is 4.56. The number of rotatable bonds is 6. The van der Waals surface area contributed by atoms with Crippen molar-refractivity contribution in [1.82, 2.24) is 0 Å². The molecule has 1 atom stereocenters. The van der Waals surface area contributed by atoms with Gasteiger partial charge < -0.3 is 19.3 Å². The molecule has 1 N–H and O–H groups in total. The van der Waals surface area contributed by atoms with Crippen LogP contribution in [0.3, 0.4) is 0 Å². The summed E-state index contributed by atoms with van der Waals surface area (Å²) in [5.41, 5.74) is -0.599. The Morgan fingerprint density at radius 3 is 2.12 bits per heavy atom. The standard InChI is InChI=1S/C11H22O5/c1-6-14-11(5,15-8-7-12)9(13)16-10(2,3)4/h12H,6-8H2,1-5H3. The molecule has 0 aliphatic heterocycles. The van der Waals surface area contributed by atoms with Gasteiger partial charge in [0.05, 0.1) is 13.2 Å². The van der Waals surface area contributed by atoms with Gasteiger partial charge in [0.15, 0.2) is 0 Å². The van der Waals surface area contributed by atoms with E-state index in [-0.39, 0.29) is 13.2 Å². The number of aliphatic hydroxyl groups is 1. The van der Waals surface area contributed by atoms with Crippen molar-refractivity contribution in [2.24, 2.45) is 0 Å². The molecule has 96 valence electrons. The smallest absolute Gasteiger partial charge is 0.367 e. The highest BCUT2D eigenvalue weighted by molar-refractivity contribution is 5.77. The largest absolute Gasteiger partial charge is 0.456 e. The quantitative estimate of drug-likeness (QED) is 0.550. The summed E-state index contributed by atoms with van der Waals surface area (Å²) in [5.74, 6) is -2.04. The van der Waals surface area contributed by atoms with Gasteiger partial charge in [-0.05, 0) is 27.7 Å². The molecule has 0 aromatic rings. The molecule has 0 aromatic heterocycles. The van der Waals surface area contributed by atoms with Crippen molar-refractivity contribution >= 4 is 5.97 Å². The second-order valence-corrected chi connectivity index (χ2v) is 4.45. The van der Waals surface area contributed by atoms with Crippen LogP contribution in [0.4, 0.5) is 0 Å². The lowest BCUT2D eigenvalue weighted by atomic mass is 10.2. The summed E-state index contributed by atoms with van der Waals surface area (Å²) < 4.78 is 15.6. The lowest BCUT2D eigenvalue weighted by molar-refractivity contribution is -0.248. The van der Waals surface area contributed by atoms with Crippen molar-refractivity contribution in [3.63, 3.8) is 0 Å². The number of hydrogen-bond donors (Lipinski definition) is 1. The zero-order chi connectivity index (χ0) is 12.8. The van der Waals surface area contributed by atoms with Gasteiger partial charge in [-0.25, -0.2) is 4.79 Å². The van der Waals surface area contributed by atoms with E-state index in [1.165, 1.54) is 6.92 Å². The molecule has 5 heteroatoms. The molecule has 0 spiro atoms. The van der Waals surface area contributed by atoms with Crippen molar-refractivity contribution in [2.45, 2.75) is 46.0 Å². The van der Waals surface area contributed by atoms with Gasteiger partial charge in [-0.1, -0.05) is 0 Å². The minimum absolute atomic E-state index is 0.0236. The molecule has 0 bridgehead atoms. The topological polar surface area (TPSA) is 65.0 Å². The maximum Gasteiger partial charge on any atom is 0.367 e. The van der Waals surface area contributed by atoms with Crippen LogP contribution in [0.15, 0.2) is 0 Å². The van der Waals surface area contributed by atoms with Crippen molar-refractivity contribution in [2.75, 3.05) is 19.8 Å². The number of hydrogen-bond acceptors (Lipinski definition) is 5. The molecular weight excluding hydrogens is 212 g/mol. The molecule has 0 saturated carbocycles. The van der Waals surface area contributed by atoms with Crippen molar-refractivity contribution < 1.29 is 24.1 Å². The first-order valence-corrected chi connectivity index (χ1v) is 5.37. The van der Waals surface area contributed by atoms with Crippen LogP contribution in [0.1, 0.15) is 34.6 Å². The van der Waals surface area contributed by atoms with E-state index in [4.69, 9.17) is 19.3 Å². The van der Waals surface area contributed by atoms with Crippen molar-refractivity contribution in [3.05, 3.63) is 0 Å². The molecule has 0 amide bonds. The first-order valence-electron chi connectivity index (χ1n) is 5.37. The average molecular weight is 234 g/mol. The van der Waals surface area contributed by atoms with Gasteiger partial charge in [-0.3, -0.25) is 0 Å². The zero-order valence-corrected chi connectivity index (χ0v) is 10.7. The normalized spacial score (nSPS) is 15.6. The van der Waals surface area contributed by atoms with Gasteiger partial charge >= 0.3 is 5.97 Å². The SMILES string of the molecule is CCOC(C)(OCCO)C(=O)OC(C)(C)C. The van der Waals surface area contributed by atoms with Gasteiger partial charge in [0.1, 0.15) is 5.60 Å². The van der Waals surface area contributed by atoms with E-state index in [1.54, 1.807) is 27.7 Å². The van der Waals surface area contributed by atoms with Crippen LogP contribution in [0.2, 0.25) is 0 Å². The summed E-state index contributed by atoms with van der Waals surface area (Å²) in [6.07, 6.45) is 0. The van der Waals surface area contributed by atoms with Crippen LogP contribution in [-0.4, -0.2) is 42.3 Å². The number of carbonyl (C=O) groups is 1. The highest BCUT2D eigenvalue weighted by atomic mass is 16.7. The Bertz CT molecular complexity index is 221. The van der Waals surface area contributed by atoms with Gasteiger partial charge in [-0.15, -0.1) is 0 Å². The van der Waals surface area contributed by atoms with Crippen LogP contribution >= 0.6 is 0 Å². The second kappa shape index (κ2) is 6.18. The highest BCUT2D eigenvalue weighted by Crippen LogP contribution is 2.19. The lowest BCUT2D eigenvalue weighted by Gasteiger charge is -2.30. The molecule has 0 fully saturated rings. The van der Waals surface area contributed by atoms with Crippen molar-refractivity contribution in [3.8, 4) is 0 Å². The van der Waals surface area contributed by atoms with Crippen LogP contribution in [-0.2, 0) is 19.0 Å². The Labute approximate surface area is 96.7 Å². The third-order valence-electron chi connectivity index (χ3n) is 1.66. The number of carbonyl (C=O) groups excluding carboxylic acids is 1. The number of aliphatic hydroxyl groups excluding tert-OH is 1. The molecule has 0 aromatic carbocycles. The molecule has 16 heavy (non-hydrogen) atoms. The predicted molar refractivity (Wildman–Crippen MR) is 58.9 cm³/mol. The molecule has 0 aliphatic rings. The monoisotopic (exact) mass is 234 g/mol. The fraction of sp³-hybridized carbons (Fsp3) is 0.909. The Hall–Kier alpha value is -0.650. The fourth-order valence-corrected chi connectivity index (χ4v) is 1.05. The Morgan fingerprint density at radius 2 is 1.75 bits per heavy atom. The third kappa shape index (κ3) is 5.44. The molecule has 0 aliphatic carbocycles. The molecular formula is C11H22O5. The average Bonchev–Trinajstić information content (AvgIpc) is 2.12. The predicted octanol–water partition coefficient (Wildman–Crippen LogP) is 1.09. The maximum absolute atomic E-state index is 11.8. The van der Waals surface area contributed by atoms with Crippen molar-refractivity contribution in [1.29, 1.82) is 0 Å². The summed E-state index contributed by atoms with van der Waals surface area (Å²) >= 11 is 0. The molecule has 1 unspecified atom stereocenters. The molecule has 5 nitrogen and oxygen atoms in total. The van der Waals surface area contributed by atoms with E-state index < -0.39 is 17.4 Å². The number of esters is 1. The van der Waals surface area contributed by atoms with Crippen LogP contribution in [0, 0.1) is 0 Å². The van der Waals surface area contributed by atoms with Gasteiger partial charge in [0.25, 0.3) is 5.79 Å². The van der Waals surface area contributed by atoms with E-state index in [2.05, 4.69) is 0 Å². The van der Waals surface area contributed by atoms with E-state index >= 15 is 0 Å². The molecule has 0 saturated heterocycles. The molecule has 0 rings (SSSR count). The highest BCUT2D eigenvalue weighted by Gasteiger charge is 2.39. The summed E-state index contributed by atoms with van der Waals surface area (Å²) in [6.45, 7) is 8.71. The summed E-state index contributed by atoms with van der Waals surface area (Å²) in [7, 11) is 0. The zero-order valence-electron chi connectivity index (χ0n) is 10.7. The van der Waals surface area contributed by atoms with E-state index in [0.29, 0.717) is 6.61 Å². The van der Waals surface area contributed by atoms with Crippen LogP contribution in [0.25, 0.3) is 0 Å². The Morgan fingerprint density at radius 1 is 1.19 bits per heavy atom. The fourth-order valence-electron chi connectivity index (χ4n) is 1.05. The van der Waals surface area contributed by atoms with Crippen LogP contribution in [0.5, 0.6) is 0 Å². The summed E-state index contributed by atoms with van der Waals surface area (Å²) in [5, 5.41) is 8.68. The second-order valence-electron chi connectivity index (χ2n) is 4.45. The van der Waals surface area contributed by atoms with E-state index in [0.717, 1.165) is 0 Å². The van der Waals surface area contributed by atoms with Gasteiger partial charge in [0, 0.05) is 13.5 Å². The summed E-state index contributed by atoms with van der Waals surface area (Å²) in [6, 6.07) is 0. The third-order valence-corrected chi connectivity index (χ3v) is 1.66. The Kier molecular flexibility index (Phi) is 5.92. The molecule has 0 radical (unpaired) electrons. The minimum Gasteiger partial charge on any atom is -0.456 e. The minimum atomic E-state index is -1.45. The van der Waals surface area contributed by atoms with Crippen LogP contribution < -0.4 is 0 Å².